The number of halogens is 1. The monoisotopic (exact) mass is 476 g/mol. The lowest BCUT2D eigenvalue weighted by Gasteiger charge is -2.22. The van der Waals surface area contributed by atoms with Gasteiger partial charge in [0.15, 0.2) is 5.96 Å². The first-order chi connectivity index (χ1) is 11.4. The molecule has 0 saturated heterocycles. The Morgan fingerprint density at radius 3 is 2.72 bits per heavy atom. The molecular formula is C17H29IN6S. The molecule has 0 spiro atoms. The van der Waals surface area contributed by atoms with Gasteiger partial charge in [-0.3, -0.25) is 4.68 Å². The van der Waals surface area contributed by atoms with E-state index in [1.54, 1.807) is 11.3 Å². The maximum atomic E-state index is 4.75. The van der Waals surface area contributed by atoms with E-state index >= 15 is 0 Å². The third kappa shape index (κ3) is 6.25. The molecule has 25 heavy (non-hydrogen) atoms. The molecule has 8 heteroatoms. The largest absolute Gasteiger partial charge is 0.357 e. The van der Waals surface area contributed by atoms with E-state index in [1.165, 1.54) is 10.4 Å². The Morgan fingerprint density at radius 2 is 2.16 bits per heavy atom. The smallest absolute Gasteiger partial charge is 0.194 e. The lowest BCUT2D eigenvalue weighted by atomic mass is 10.1. The number of nitrogens with one attached hydrogen (secondary N) is 1. The molecule has 6 nitrogen and oxygen atoms in total. The average Bonchev–Trinajstić information content (AvgIpc) is 3.09. The fourth-order valence-corrected chi connectivity index (χ4v) is 3.31. The third-order valence-corrected chi connectivity index (χ3v) is 4.54. The first kappa shape index (κ1) is 21.9. The molecule has 2 rings (SSSR count). The molecule has 2 aromatic rings. The van der Waals surface area contributed by atoms with Gasteiger partial charge in [0.05, 0.1) is 17.2 Å². The zero-order chi connectivity index (χ0) is 17.7. The minimum absolute atomic E-state index is 0. The second kappa shape index (κ2) is 10.1. The summed E-state index contributed by atoms with van der Waals surface area (Å²) in [6.45, 7) is 10.7. The molecule has 0 aliphatic carbocycles. The minimum Gasteiger partial charge on any atom is -0.357 e. The van der Waals surface area contributed by atoms with Gasteiger partial charge in [-0.15, -0.1) is 35.3 Å². The summed E-state index contributed by atoms with van der Waals surface area (Å²) in [5.74, 6) is 1.32. The van der Waals surface area contributed by atoms with Gasteiger partial charge in [-0.2, -0.15) is 5.10 Å². The van der Waals surface area contributed by atoms with Crippen LogP contribution in [0.1, 0.15) is 47.8 Å². The van der Waals surface area contributed by atoms with Crippen molar-refractivity contribution in [3.63, 3.8) is 0 Å². The van der Waals surface area contributed by atoms with Crippen molar-refractivity contribution in [2.24, 2.45) is 12.0 Å². The molecular weight excluding hydrogens is 447 g/mol. The quantitative estimate of drug-likeness (QED) is 0.394. The number of aromatic nitrogens is 3. The highest BCUT2D eigenvalue weighted by atomic mass is 127. The van der Waals surface area contributed by atoms with Gasteiger partial charge in [0.2, 0.25) is 0 Å². The van der Waals surface area contributed by atoms with E-state index in [0.717, 1.165) is 29.8 Å². The van der Waals surface area contributed by atoms with Crippen LogP contribution in [0.25, 0.3) is 0 Å². The second-order valence-electron chi connectivity index (χ2n) is 6.24. The molecule has 0 saturated carbocycles. The Hall–Kier alpha value is -1.16. The van der Waals surface area contributed by atoms with Crippen molar-refractivity contribution in [3.8, 4) is 0 Å². The van der Waals surface area contributed by atoms with E-state index in [-0.39, 0.29) is 24.0 Å². The zero-order valence-corrected chi connectivity index (χ0v) is 19.1. The van der Waals surface area contributed by atoms with Crippen molar-refractivity contribution in [2.45, 2.75) is 46.7 Å². The molecule has 2 heterocycles. The third-order valence-electron chi connectivity index (χ3n) is 3.64. The minimum atomic E-state index is 0. The summed E-state index contributed by atoms with van der Waals surface area (Å²) in [6.07, 6.45) is 4.01. The number of guanidine groups is 1. The predicted octanol–water partition coefficient (Wildman–Crippen LogP) is 3.52. The van der Waals surface area contributed by atoms with Crippen LogP contribution in [-0.4, -0.2) is 39.2 Å². The second-order valence-corrected chi connectivity index (χ2v) is 7.56. The van der Waals surface area contributed by atoms with Crippen LogP contribution in [-0.2, 0) is 20.1 Å². The standard InChI is InChI=1S/C17H28N6S.HI/c1-7-18-17(20-9-15-8-19-13(4)24-15)22(5)10-14-11-23(6)21-16(14)12(2)3;/h8,11-12H,7,9-10H2,1-6H3,(H,18,20);1H. The summed E-state index contributed by atoms with van der Waals surface area (Å²) < 4.78 is 1.89. The lowest BCUT2D eigenvalue weighted by Crippen LogP contribution is -2.38. The van der Waals surface area contributed by atoms with Gasteiger partial charge in [-0.05, 0) is 19.8 Å². The van der Waals surface area contributed by atoms with Crippen LogP contribution in [0.5, 0.6) is 0 Å². The van der Waals surface area contributed by atoms with Gasteiger partial charge >= 0.3 is 0 Å². The highest BCUT2D eigenvalue weighted by Crippen LogP contribution is 2.19. The van der Waals surface area contributed by atoms with Gasteiger partial charge in [0.25, 0.3) is 0 Å². The Morgan fingerprint density at radius 1 is 1.44 bits per heavy atom. The van der Waals surface area contributed by atoms with E-state index in [1.807, 2.05) is 24.9 Å². The summed E-state index contributed by atoms with van der Waals surface area (Å²) >= 11 is 1.70. The Bertz CT molecular complexity index is 691. The molecule has 2 aromatic heterocycles. The summed E-state index contributed by atoms with van der Waals surface area (Å²) in [6, 6.07) is 0. The van der Waals surface area contributed by atoms with Crippen LogP contribution in [0.15, 0.2) is 17.4 Å². The Balaban J connectivity index is 0.00000312. The van der Waals surface area contributed by atoms with Gasteiger partial charge < -0.3 is 10.2 Å². The number of aryl methyl sites for hydroxylation is 2. The Kier molecular flexibility index (Phi) is 8.84. The first-order valence-corrected chi connectivity index (χ1v) is 9.15. The zero-order valence-electron chi connectivity index (χ0n) is 15.9. The van der Waals surface area contributed by atoms with E-state index in [4.69, 9.17) is 4.99 Å². The summed E-state index contributed by atoms with van der Waals surface area (Å²) in [5.41, 5.74) is 2.40. The van der Waals surface area contributed by atoms with Crippen LogP contribution >= 0.6 is 35.3 Å². The predicted molar refractivity (Wildman–Crippen MR) is 116 cm³/mol. The summed E-state index contributed by atoms with van der Waals surface area (Å²) in [4.78, 5) is 12.4. The molecule has 0 bridgehead atoms. The molecule has 140 valence electrons. The van der Waals surface area contributed by atoms with E-state index in [2.05, 4.69) is 54.3 Å². The van der Waals surface area contributed by atoms with Crippen LogP contribution < -0.4 is 5.32 Å². The fraction of sp³-hybridized carbons (Fsp3) is 0.588. The number of aliphatic imine (C=N–C) groups is 1. The highest BCUT2D eigenvalue weighted by molar-refractivity contribution is 14.0. The lowest BCUT2D eigenvalue weighted by molar-refractivity contribution is 0.473. The molecule has 0 radical (unpaired) electrons. The summed E-state index contributed by atoms with van der Waals surface area (Å²) in [7, 11) is 4.04. The molecule has 0 unspecified atom stereocenters. The molecule has 0 aliphatic rings. The van der Waals surface area contributed by atoms with Gasteiger partial charge in [0.1, 0.15) is 0 Å². The molecule has 0 aromatic carbocycles. The van der Waals surface area contributed by atoms with Crippen molar-refractivity contribution < 1.29 is 0 Å². The normalized spacial score (nSPS) is 11.6. The van der Waals surface area contributed by atoms with Gasteiger partial charge in [0, 0.05) is 50.0 Å². The van der Waals surface area contributed by atoms with Crippen molar-refractivity contribution >= 4 is 41.3 Å². The number of thiazole rings is 1. The fourth-order valence-electron chi connectivity index (χ4n) is 2.59. The SMILES string of the molecule is CCNC(=NCc1cnc(C)s1)N(C)Cc1cn(C)nc1C(C)C.I. The van der Waals surface area contributed by atoms with Crippen LogP contribution in [0.4, 0.5) is 0 Å². The molecule has 0 fully saturated rings. The molecule has 0 aliphatic heterocycles. The van der Waals surface area contributed by atoms with Crippen molar-refractivity contribution in [1.82, 2.24) is 25.0 Å². The number of rotatable bonds is 6. The van der Waals surface area contributed by atoms with Crippen molar-refractivity contribution in [2.75, 3.05) is 13.6 Å². The Labute approximate surface area is 171 Å². The molecule has 0 amide bonds. The van der Waals surface area contributed by atoms with Crippen LogP contribution in [0, 0.1) is 6.92 Å². The molecule has 1 N–H and O–H groups in total. The number of hydrogen-bond acceptors (Lipinski definition) is 4. The van der Waals surface area contributed by atoms with E-state index in [0.29, 0.717) is 12.5 Å². The highest BCUT2D eigenvalue weighted by Gasteiger charge is 2.15. The van der Waals surface area contributed by atoms with E-state index < -0.39 is 0 Å². The van der Waals surface area contributed by atoms with Gasteiger partial charge in [-0.25, -0.2) is 9.98 Å². The van der Waals surface area contributed by atoms with Crippen molar-refractivity contribution in [3.05, 3.63) is 33.5 Å². The average molecular weight is 476 g/mol. The summed E-state index contributed by atoms with van der Waals surface area (Å²) in [5, 5.41) is 9.04. The topological polar surface area (TPSA) is 58.3 Å². The maximum Gasteiger partial charge on any atom is 0.194 e. The van der Waals surface area contributed by atoms with Crippen molar-refractivity contribution in [1.29, 1.82) is 0 Å². The van der Waals surface area contributed by atoms with E-state index in [9.17, 15) is 0 Å². The number of hydrogen-bond donors (Lipinski definition) is 1. The van der Waals surface area contributed by atoms with Gasteiger partial charge in [-0.1, -0.05) is 13.8 Å². The van der Waals surface area contributed by atoms with Crippen LogP contribution in [0.3, 0.4) is 0 Å². The van der Waals surface area contributed by atoms with Crippen LogP contribution in [0.2, 0.25) is 0 Å². The number of nitrogens with zero attached hydrogens (tertiary/aromatic N) is 5. The molecule has 0 atom stereocenters. The first-order valence-electron chi connectivity index (χ1n) is 8.33. The maximum absolute atomic E-state index is 4.75.